The van der Waals surface area contributed by atoms with Crippen LogP contribution in [0.2, 0.25) is 0 Å². The molecule has 6 heteroatoms. The summed E-state index contributed by atoms with van der Waals surface area (Å²) in [6.07, 6.45) is 0. The smallest absolute Gasteiger partial charge is 0.239 e. The lowest BCUT2D eigenvalue weighted by Crippen LogP contribution is -2.43. The lowest BCUT2D eigenvalue weighted by molar-refractivity contribution is -0.135. The van der Waals surface area contributed by atoms with Crippen LogP contribution in [0.1, 0.15) is 13.8 Å². The van der Waals surface area contributed by atoms with E-state index in [1.807, 2.05) is 13.8 Å². The molecule has 0 aromatic carbocycles. The van der Waals surface area contributed by atoms with Gasteiger partial charge in [-0.25, -0.2) is 0 Å². The van der Waals surface area contributed by atoms with E-state index in [-0.39, 0.29) is 37.3 Å². The number of rotatable bonds is 6. The highest BCUT2D eigenvalue weighted by Crippen LogP contribution is 1.88. The van der Waals surface area contributed by atoms with Crippen LogP contribution in [0, 0.1) is 0 Å². The van der Waals surface area contributed by atoms with Crippen LogP contribution in [0.25, 0.3) is 0 Å². The number of nitrogens with one attached hydrogen (secondary N) is 2. The molecule has 0 fully saturated rings. The summed E-state index contributed by atoms with van der Waals surface area (Å²) in [5.74, 6) is -0.167. The van der Waals surface area contributed by atoms with Gasteiger partial charge >= 0.3 is 0 Å². The number of likely N-dealkylation sites (N-methyl/N-ethyl adjacent to an activating group) is 3. The van der Waals surface area contributed by atoms with Crippen LogP contribution >= 0.6 is 12.4 Å². The fourth-order valence-electron chi connectivity index (χ4n) is 1.07. The van der Waals surface area contributed by atoms with Crippen molar-refractivity contribution in [3.05, 3.63) is 0 Å². The van der Waals surface area contributed by atoms with Gasteiger partial charge in [-0.1, -0.05) is 0 Å². The molecule has 0 aromatic rings. The van der Waals surface area contributed by atoms with Crippen LogP contribution in [-0.2, 0) is 9.59 Å². The number of carbonyl (C=O) groups is 2. The molecular weight excluding hydrogens is 218 g/mol. The molecule has 0 heterocycles. The first-order chi connectivity index (χ1) is 6.65. The molecule has 0 atom stereocenters. The van der Waals surface area contributed by atoms with E-state index in [2.05, 4.69) is 10.6 Å². The van der Waals surface area contributed by atoms with Gasteiger partial charge in [0.25, 0.3) is 0 Å². The summed E-state index contributed by atoms with van der Waals surface area (Å²) in [7, 11) is 1.71. The maximum absolute atomic E-state index is 11.4. The van der Waals surface area contributed by atoms with E-state index in [1.54, 1.807) is 7.05 Å². The van der Waals surface area contributed by atoms with Gasteiger partial charge < -0.3 is 15.5 Å². The van der Waals surface area contributed by atoms with Crippen LogP contribution in [0.4, 0.5) is 0 Å². The van der Waals surface area contributed by atoms with Crippen molar-refractivity contribution in [2.45, 2.75) is 13.8 Å². The second kappa shape index (κ2) is 9.73. The number of amides is 2. The van der Waals surface area contributed by atoms with E-state index < -0.39 is 0 Å². The third-order valence-electron chi connectivity index (χ3n) is 1.77. The van der Waals surface area contributed by atoms with Crippen molar-refractivity contribution in [2.24, 2.45) is 0 Å². The zero-order chi connectivity index (χ0) is 11.0. The van der Waals surface area contributed by atoms with Gasteiger partial charge in [-0.3, -0.25) is 9.59 Å². The number of hydrogen-bond donors (Lipinski definition) is 2. The lowest BCUT2D eigenvalue weighted by Gasteiger charge is -2.19. The van der Waals surface area contributed by atoms with E-state index in [0.29, 0.717) is 13.1 Å². The molecule has 0 aromatic heterocycles. The Hall–Kier alpha value is -0.810. The second-order valence-corrected chi connectivity index (χ2v) is 2.89. The quantitative estimate of drug-likeness (QED) is 0.662. The molecule has 0 spiro atoms. The minimum Gasteiger partial charge on any atom is -0.355 e. The fraction of sp³-hybridized carbons (Fsp3) is 0.778. The number of halogens is 1. The van der Waals surface area contributed by atoms with Gasteiger partial charge in [-0.15, -0.1) is 12.4 Å². The maximum atomic E-state index is 11.4. The van der Waals surface area contributed by atoms with Crippen molar-refractivity contribution in [1.82, 2.24) is 15.5 Å². The van der Waals surface area contributed by atoms with Crippen molar-refractivity contribution < 1.29 is 9.59 Å². The highest BCUT2D eigenvalue weighted by molar-refractivity contribution is 5.85. The normalized spacial score (nSPS) is 9.00. The number of carbonyl (C=O) groups excluding carboxylic acids is 2. The van der Waals surface area contributed by atoms with Gasteiger partial charge in [0, 0.05) is 13.1 Å². The first kappa shape index (κ1) is 16.6. The Bertz CT molecular complexity index is 200. The minimum atomic E-state index is -0.112. The third-order valence-corrected chi connectivity index (χ3v) is 1.77. The first-order valence-corrected chi connectivity index (χ1v) is 4.84. The zero-order valence-corrected chi connectivity index (χ0v) is 10.3. The van der Waals surface area contributed by atoms with Crippen molar-refractivity contribution in [2.75, 3.05) is 33.2 Å². The van der Waals surface area contributed by atoms with Gasteiger partial charge in [0.15, 0.2) is 0 Å². The van der Waals surface area contributed by atoms with Gasteiger partial charge in [0.1, 0.15) is 0 Å². The molecule has 90 valence electrons. The molecule has 5 nitrogen and oxygen atoms in total. The average Bonchev–Trinajstić information content (AvgIpc) is 2.15. The SMILES string of the molecule is CCNC(=O)CN(CC)C(=O)CNC.Cl. The van der Waals surface area contributed by atoms with E-state index >= 15 is 0 Å². The summed E-state index contributed by atoms with van der Waals surface area (Å²) >= 11 is 0. The monoisotopic (exact) mass is 237 g/mol. The molecule has 0 rings (SSSR count). The number of nitrogens with zero attached hydrogens (tertiary/aromatic N) is 1. The van der Waals surface area contributed by atoms with E-state index in [9.17, 15) is 9.59 Å². The predicted octanol–water partition coefficient (Wildman–Crippen LogP) is -0.388. The number of hydrogen-bond acceptors (Lipinski definition) is 3. The Morgan fingerprint density at radius 3 is 2.27 bits per heavy atom. The summed E-state index contributed by atoms with van der Waals surface area (Å²) in [5.41, 5.74) is 0. The molecule has 0 saturated carbocycles. The largest absolute Gasteiger partial charge is 0.355 e. The third kappa shape index (κ3) is 7.16. The predicted molar refractivity (Wildman–Crippen MR) is 62.1 cm³/mol. The van der Waals surface area contributed by atoms with E-state index in [0.717, 1.165) is 0 Å². The molecule has 0 aliphatic rings. The molecule has 0 aliphatic carbocycles. The Kier molecular flexibility index (Phi) is 10.8. The van der Waals surface area contributed by atoms with Gasteiger partial charge in [-0.05, 0) is 20.9 Å². The Balaban J connectivity index is 0. The van der Waals surface area contributed by atoms with Crippen LogP contribution < -0.4 is 10.6 Å². The Labute approximate surface area is 97.0 Å². The van der Waals surface area contributed by atoms with E-state index in [1.165, 1.54) is 4.90 Å². The molecule has 0 bridgehead atoms. The second-order valence-electron chi connectivity index (χ2n) is 2.89. The Morgan fingerprint density at radius 2 is 1.87 bits per heavy atom. The van der Waals surface area contributed by atoms with Crippen LogP contribution in [0.3, 0.4) is 0 Å². The van der Waals surface area contributed by atoms with Crippen molar-refractivity contribution in [1.29, 1.82) is 0 Å². The standard InChI is InChI=1S/C9H19N3O2.ClH/c1-4-11-8(13)7-12(5-2)9(14)6-10-3;/h10H,4-7H2,1-3H3,(H,11,13);1H. The van der Waals surface area contributed by atoms with Crippen LogP contribution in [0.5, 0.6) is 0 Å². The molecule has 2 amide bonds. The summed E-state index contributed by atoms with van der Waals surface area (Å²) in [6, 6.07) is 0. The molecular formula is C9H20ClN3O2. The van der Waals surface area contributed by atoms with Crippen LogP contribution in [-0.4, -0.2) is 49.9 Å². The summed E-state index contributed by atoms with van der Waals surface area (Å²) in [6.45, 7) is 5.27. The molecule has 2 N–H and O–H groups in total. The fourth-order valence-corrected chi connectivity index (χ4v) is 1.07. The van der Waals surface area contributed by atoms with Crippen molar-refractivity contribution >= 4 is 24.2 Å². The van der Waals surface area contributed by atoms with Crippen molar-refractivity contribution in [3.8, 4) is 0 Å². The topological polar surface area (TPSA) is 61.4 Å². The lowest BCUT2D eigenvalue weighted by atomic mass is 10.4. The van der Waals surface area contributed by atoms with Gasteiger partial charge in [0.05, 0.1) is 13.1 Å². The first-order valence-electron chi connectivity index (χ1n) is 4.84. The van der Waals surface area contributed by atoms with Gasteiger partial charge in [-0.2, -0.15) is 0 Å². The maximum Gasteiger partial charge on any atom is 0.239 e. The molecule has 0 aliphatic heterocycles. The minimum absolute atomic E-state index is 0. The van der Waals surface area contributed by atoms with E-state index in [4.69, 9.17) is 0 Å². The zero-order valence-electron chi connectivity index (χ0n) is 9.50. The van der Waals surface area contributed by atoms with Crippen LogP contribution in [0.15, 0.2) is 0 Å². The van der Waals surface area contributed by atoms with Gasteiger partial charge in [0.2, 0.25) is 11.8 Å². The molecule has 0 unspecified atom stereocenters. The molecule has 0 saturated heterocycles. The molecule has 15 heavy (non-hydrogen) atoms. The summed E-state index contributed by atoms with van der Waals surface area (Å²) < 4.78 is 0. The Morgan fingerprint density at radius 1 is 1.27 bits per heavy atom. The average molecular weight is 238 g/mol. The summed E-state index contributed by atoms with van der Waals surface area (Å²) in [5, 5.41) is 5.42. The summed E-state index contributed by atoms with van der Waals surface area (Å²) in [4.78, 5) is 24.1. The highest BCUT2D eigenvalue weighted by atomic mass is 35.5. The van der Waals surface area contributed by atoms with Crippen molar-refractivity contribution in [3.63, 3.8) is 0 Å². The highest BCUT2D eigenvalue weighted by Gasteiger charge is 2.13. The molecule has 0 radical (unpaired) electrons.